The molecule has 0 aliphatic carbocycles. The summed E-state index contributed by atoms with van der Waals surface area (Å²) < 4.78 is 51.6. The van der Waals surface area contributed by atoms with Gasteiger partial charge in [0.1, 0.15) is 17.7 Å². The van der Waals surface area contributed by atoms with E-state index in [9.17, 15) is 27.9 Å². The number of amides is 3. The third-order valence-corrected chi connectivity index (χ3v) is 11.3. The second kappa shape index (κ2) is 17.6. The number of aliphatic hydroxyl groups is 1. The van der Waals surface area contributed by atoms with Crippen LogP contribution < -0.4 is 10.6 Å². The predicted molar refractivity (Wildman–Crippen MR) is 195 cm³/mol. The van der Waals surface area contributed by atoms with Gasteiger partial charge in [-0.3, -0.25) is 9.69 Å². The molecule has 0 radical (unpaired) electrons. The Balaban J connectivity index is 1.23. The molecule has 2 aromatic carbocycles. The molecule has 15 heteroatoms. The highest BCUT2D eigenvalue weighted by Crippen LogP contribution is 2.33. The predicted octanol–water partition coefficient (Wildman–Crippen LogP) is 3.81. The molecule has 5 rings (SSSR count). The highest BCUT2D eigenvalue weighted by molar-refractivity contribution is 7.89. The highest BCUT2D eigenvalue weighted by atomic mass is 32.2. The van der Waals surface area contributed by atoms with Crippen molar-refractivity contribution in [2.24, 2.45) is 11.8 Å². The van der Waals surface area contributed by atoms with Gasteiger partial charge in [0.2, 0.25) is 15.9 Å². The van der Waals surface area contributed by atoms with E-state index in [1.807, 2.05) is 44.2 Å². The zero-order valence-corrected chi connectivity index (χ0v) is 32.0. The summed E-state index contributed by atoms with van der Waals surface area (Å²) in [4.78, 5) is 40.3. The molecule has 0 aromatic heterocycles. The normalized spacial score (nSPS) is 22.8. The maximum atomic E-state index is 14.1. The number of hydrogen-bond donors (Lipinski definition) is 3. The minimum Gasteiger partial charge on any atom is -0.444 e. The Morgan fingerprint density at radius 1 is 1.00 bits per heavy atom. The van der Waals surface area contributed by atoms with E-state index in [4.69, 9.17) is 18.9 Å². The van der Waals surface area contributed by atoms with Crippen LogP contribution in [0.4, 0.5) is 9.59 Å². The molecule has 0 bridgehead atoms. The number of alkyl carbamates (subject to hydrolysis) is 1. The van der Waals surface area contributed by atoms with Gasteiger partial charge in [-0.1, -0.05) is 56.3 Å². The fourth-order valence-electron chi connectivity index (χ4n) is 6.85. The van der Waals surface area contributed by atoms with Gasteiger partial charge < -0.3 is 34.7 Å². The smallest absolute Gasteiger partial charge is 0.410 e. The number of aliphatic hydroxyl groups excluding tert-OH is 1. The van der Waals surface area contributed by atoms with Crippen LogP contribution in [0.25, 0.3) is 0 Å². The van der Waals surface area contributed by atoms with E-state index in [-0.39, 0.29) is 55.3 Å². The third kappa shape index (κ3) is 10.9. The largest absolute Gasteiger partial charge is 0.444 e. The fraction of sp³-hybridized carbons (Fsp3) is 0.605. The number of ether oxygens (including phenoxy) is 4. The highest BCUT2D eigenvalue weighted by Gasteiger charge is 2.44. The van der Waals surface area contributed by atoms with Crippen LogP contribution in [-0.2, 0) is 46.7 Å². The molecule has 2 aromatic rings. The molecule has 3 aliphatic rings. The second-order valence-electron chi connectivity index (χ2n) is 15.4. The Morgan fingerprint density at radius 3 is 2.40 bits per heavy atom. The lowest BCUT2D eigenvalue weighted by atomic mass is 10.0. The number of hydrogen-bond acceptors (Lipinski definition) is 10. The van der Waals surface area contributed by atoms with Crippen molar-refractivity contribution in [1.82, 2.24) is 19.8 Å². The monoisotopic (exact) mass is 758 g/mol. The molecule has 3 fully saturated rings. The summed E-state index contributed by atoms with van der Waals surface area (Å²) in [6.07, 6.45) is -1.26. The Morgan fingerprint density at radius 2 is 1.72 bits per heavy atom. The number of benzene rings is 2. The van der Waals surface area contributed by atoms with Crippen LogP contribution in [0.3, 0.4) is 0 Å². The number of nitrogens with one attached hydrogen (secondary N) is 2. The summed E-state index contributed by atoms with van der Waals surface area (Å²) >= 11 is 0. The summed E-state index contributed by atoms with van der Waals surface area (Å²) in [7, 11) is -4.09. The molecule has 0 saturated carbocycles. The summed E-state index contributed by atoms with van der Waals surface area (Å²) in [5.41, 5.74) is 0.834. The van der Waals surface area contributed by atoms with Crippen LogP contribution >= 0.6 is 0 Å². The van der Waals surface area contributed by atoms with Gasteiger partial charge in [-0.25, -0.2) is 18.0 Å². The number of likely N-dealkylation sites (tertiary alicyclic amines) is 1. The van der Waals surface area contributed by atoms with Crippen molar-refractivity contribution in [3.63, 3.8) is 0 Å². The standard InChI is InChI=1S/C38H54N4O10S/c1-25(2)22-41(23-32(43)30(20-26-10-7-6-8-11-26)40-36(45)51-33-24-50-35-29(33)17-19-49-35)53(47,48)28-15-13-27(14-16-28)21-39-34(44)31-12-9-18-42(31)37(46)52-38(3,4)5/h6-8,10-11,13-16,25,29-33,35,43H,9,12,17-24H2,1-5H3,(H,39,44)(H,40,45)/t29-,30-,31-,32+,33?,35+/m0/s1. The van der Waals surface area contributed by atoms with Gasteiger partial charge >= 0.3 is 12.2 Å². The maximum Gasteiger partial charge on any atom is 0.410 e. The molecule has 1 unspecified atom stereocenters. The zero-order valence-electron chi connectivity index (χ0n) is 31.2. The first-order chi connectivity index (χ1) is 25.1. The van der Waals surface area contributed by atoms with Gasteiger partial charge in [-0.05, 0) is 75.6 Å². The minimum atomic E-state index is -4.09. The van der Waals surface area contributed by atoms with Crippen molar-refractivity contribution in [3.05, 3.63) is 65.7 Å². The number of carbonyl (C=O) groups is 3. The molecule has 0 spiro atoms. The number of nitrogens with zero attached hydrogens (tertiary/aromatic N) is 2. The molecule has 3 amide bonds. The van der Waals surface area contributed by atoms with Crippen LogP contribution in [0.2, 0.25) is 0 Å². The zero-order chi connectivity index (χ0) is 38.3. The van der Waals surface area contributed by atoms with E-state index >= 15 is 0 Å². The van der Waals surface area contributed by atoms with Crippen LogP contribution in [0.1, 0.15) is 65.0 Å². The van der Waals surface area contributed by atoms with Crippen LogP contribution in [0.5, 0.6) is 0 Å². The molecule has 53 heavy (non-hydrogen) atoms. The Hall–Kier alpha value is -3.76. The average molecular weight is 759 g/mol. The number of fused-ring (bicyclic) bond motifs is 1. The van der Waals surface area contributed by atoms with E-state index < -0.39 is 58.4 Å². The van der Waals surface area contributed by atoms with Crippen LogP contribution in [0.15, 0.2) is 59.5 Å². The average Bonchev–Trinajstić information content (AvgIpc) is 3.86. The second-order valence-corrected chi connectivity index (χ2v) is 17.3. The summed E-state index contributed by atoms with van der Waals surface area (Å²) in [6.45, 7) is 10.2. The molecule has 3 N–H and O–H groups in total. The Bertz CT molecular complexity index is 1650. The lowest BCUT2D eigenvalue weighted by molar-refractivity contribution is -0.125. The fourth-order valence-corrected chi connectivity index (χ4v) is 8.47. The summed E-state index contributed by atoms with van der Waals surface area (Å²) in [5, 5.41) is 17.3. The van der Waals surface area contributed by atoms with Crippen molar-refractivity contribution in [3.8, 4) is 0 Å². The number of carbonyl (C=O) groups excluding carboxylic acids is 3. The number of rotatable bonds is 14. The molecule has 6 atom stereocenters. The molecule has 14 nitrogen and oxygen atoms in total. The maximum absolute atomic E-state index is 14.1. The van der Waals surface area contributed by atoms with Crippen LogP contribution in [-0.4, -0.2) is 110 Å². The minimum absolute atomic E-state index is 0.0221. The van der Waals surface area contributed by atoms with E-state index in [0.717, 1.165) is 5.56 Å². The quantitative estimate of drug-likeness (QED) is 0.257. The summed E-state index contributed by atoms with van der Waals surface area (Å²) in [6, 6.07) is 14.0. The van der Waals surface area contributed by atoms with Gasteiger partial charge in [-0.2, -0.15) is 4.31 Å². The molecule has 292 valence electrons. The molecular formula is C38H54N4O10S. The van der Waals surface area contributed by atoms with Gasteiger partial charge in [0, 0.05) is 26.2 Å². The molecule has 3 heterocycles. The van der Waals surface area contributed by atoms with Gasteiger partial charge in [0.25, 0.3) is 0 Å². The Labute approximate surface area is 312 Å². The number of sulfonamides is 1. The first-order valence-electron chi connectivity index (χ1n) is 18.4. The molecule has 3 aliphatic heterocycles. The first-order valence-corrected chi connectivity index (χ1v) is 19.8. The van der Waals surface area contributed by atoms with Gasteiger partial charge in [0.05, 0.1) is 36.2 Å². The first kappa shape index (κ1) is 40.4. The van der Waals surface area contributed by atoms with Gasteiger partial charge in [0.15, 0.2) is 6.29 Å². The summed E-state index contributed by atoms with van der Waals surface area (Å²) in [5.74, 6) is -0.441. The van der Waals surface area contributed by atoms with Crippen molar-refractivity contribution < 1.29 is 46.9 Å². The topological polar surface area (TPSA) is 173 Å². The van der Waals surface area contributed by atoms with E-state index in [0.29, 0.717) is 38.0 Å². The molecular weight excluding hydrogens is 705 g/mol. The Kier molecular flexibility index (Phi) is 13.4. The molecule has 3 saturated heterocycles. The van der Waals surface area contributed by atoms with Crippen molar-refractivity contribution in [2.45, 2.75) is 108 Å². The van der Waals surface area contributed by atoms with Crippen molar-refractivity contribution >= 4 is 28.1 Å². The van der Waals surface area contributed by atoms with Gasteiger partial charge in [-0.15, -0.1) is 0 Å². The van der Waals surface area contributed by atoms with E-state index in [1.54, 1.807) is 32.9 Å². The van der Waals surface area contributed by atoms with E-state index in [2.05, 4.69) is 10.6 Å². The lowest BCUT2D eigenvalue weighted by Crippen LogP contribution is -2.51. The van der Waals surface area contributed by atoms with E-state index in [1.165, 1.54) is 21.3 Å². The lowest BCUT2D eigenvalue weighted by Gasteiger charge is -2.31. The third-order valence-electron chi connectivity index (χ3n) is 9.48. The SMILES string of the molecule is CC(C)CN(C[C@@H](O)[C@H](Cc1ccccc1)NC(=O)OC1CO[C@H]2OCC[C@@H]12)S(=O)(=O)c1ccc(CNC(=O)[C@@H]2CCCN2C(=O)OC(C)(C)C)cc1. The van der Waals surface area contributed by atoms with Crippen LogP contribution in [0, 0.1) is 11.8 Å². The van der Waals surface area contributed by atoms with Crippen molar-refractivity contribution in [2.75, 3.05) is 32.8 Å². The van der Waals surface area contributed by atoms with Crippen molar-refractivity contribution in [1.29, 1.82) is 0 Å².